The van der Waals surface area contributed by atoms with Gasteiger partial charge in [-0.25, -0.2) is 4.79 Å². The van der Waals surface area contributed by atoms with Crippen molar-refractivity contribution >= 4 is 73.6 Å². The fourth-order valence-corrected chi connectivity index (χ4v) is 6.15. The van der Waals surface area contributed by atoms with Crippen molar-refractivity contribution < 1.29 is 28.8 Å². The molecule has 0 saturated heterocycles. The van der Waals surface area contributed by atoms with Crippen LogP contribution in [0.1, 0.15) is 53.9 Å². The number of carbonyl (C=O) groups is 2. The van der Waals surface area contributed by atoms with E-state index in [0.717, 1.165) is 22.0 Å². The van der Waals surface area contributed by atoms with Gasteiger partial charge in [-0.15, -0.1) is 0 Å². The molecule has 174 valence electrons. The summed E-state index contributed by atoms with van der Waals surface area (Å²) in [7, 11) is 0. The number of rotatable bonds is 10. The third-order valence-electron chi connectivity index (χ3n) is 5.15. The van der Waals surface area contributed by atoms with Crippen LogP contribution in [0.25, 0.3) is 11.0 Å². The lowest BCUT2D eigenvalue weighted by Gasteiger charge is -2.16. The van der Waals surface area contributed by atoms with Crippen molar-refractivity contribution in [3.8, 4) is 5.75 Å². The highest BCUT2D eigenvalue weighted by molar-refractivity contribution is 14.1. The lowest BCUT2D eigenvalue weighted by atomic mass is 9.96. The summed E-state index contributed by atoms with van der Waals surface area (Å²) in [6.45, 7) is 3.38. The van der Waals surface area contributed by atoms with Gasteiger partial charge in [-0.3, -0.25) is 14.9 Å². The molecule has 1 N–H and O–H groups in total. The molecule has 33 heavy (non-hydrogen) atoms. The van der Waals surface area contributed by atoms with Crippen LogP contribution in [-0.4, -0.2) is 28.4 Å². The Morgan fingerprint density at radius 3 is 2.55 bits per heavy atom. The molecular formula is C23H21I2NO7. The van der Waals surface area contributed by atoms with E-state index in [1.807, 2.05) is 13.8 Å². The number of nitro groups is 1. The van der Waals surface area contributed by atoms with Gasteiger partial charge < -0.3 is 14.3 Å². The minimum Gasteiger partial charge on any atom is -0.480 e. The van der Waals surface area contributed by atoms with Crippen molar-refractivity contribution in [1.29, 1.82) is 0 Å². The molecule has 1 aromatic heterocycles. The smallest absolute Gasteiger partial charge is 0.341 e. The van der Waals surface area contributed by atoms with Gasteiger partial charge in [0.1, 0.15) is 17.1 Å². The Hall–Kier alpha value is -2.22. The highest BCUT2D eigenvalue weighted by atomic mass is 127. The standard InChI is InChI=1S/C23H21I2NO7/c1-3-5-6-18-20(14-9-12(26(30)31)7-8-17(14)33-18)22(29)15-10-16(24)13(4-2)21(25)23(15)32-11-19(27)28/h7-10H,3-6,11H2,1-2H3,(H,27,28). The maximum atomic E-state index is 13.9. The van der Waals surface area contributed by atoms with Crippen molar-refractivity contribution in [2.75, 3.05) is 6.61 Å². The summed E-state index contributed by atoms with van der Waals surface area (Å²) in [6, 6.07) is 5.86. The second kappa shape index (κ2) is 10.8. The second-order valence-electron chi connectivity index (χ2n) is 7.33. The van der Waals surface area contributed by atoms with Gasteiger partial charge in [0.25, 0.3) is 5.69 Å². The van der Waals surface area contributed by atoms with Gasteiger partial charge in [0.2, 0.25) is 5.78 Å². The molecule has 0 radical (unpaired) electrons. The number of aliphatic carboxylic acids is 1. The number of non-ortho nitro benzene ring substituents is 1. The Bertz CT molecular complexity index is 1250. The van der Waals surface area contributed by atoms with Gasteiger partial charge in [-0.1, -0.05) is 20.3 Å². The Balaban J connectivity index is 2.27. The first-order valence-corrected chi connectivity index (χ1v) is 12.4. The fraction of sp³-hybridized carbons (Fsp3) is 0.304. The molecule has 8 nitrogen and oxygen atoms in total. The van der Waals surface area contributed by atoms with Gasteiger partial charge in [0.05, 0.1) is 19.6 Å². The number of hydrogen-bond acceptors (Lipinski definition) is 6. The van der Waals surface area contributed by atoms with Crippen LogP contribution in [0.15, 0.2) is 28.7 Å². The van der Waals surface area contributed by atoms with Gasteiger partial charge in [-0.2, -0.15) is 0 Å². The average molecular weight is 677 g/mol. The predicted octanol–water partition coefficient (Wildman–Crippen LogP) is 6.15. The molecule has 0 aliphatic carbocycles. The predicted molar refractivity (Wildman–Crippen MR) is 139 cm³/mol. The molecule has 0 saturated carbocycles. The Kier molecular flexibility index (Phi) is 8.32. The van der Waals surface area contributed by atoms with E-state index in [2.05, 4.69) is 45.2 Å². The number of carboxylic acids is 1. The zero-order valence-corrected chi connectivity index (χ0v) is 22.3. The Labute approximate surface area is 217 Å². The SMILES string of the molecule is CCCCc1oc2ccc([N+](=O)[O-])cc2c1C(=O)c1cc(I)c(CC)c(I)c1OCC(=O)O. The topological polar surface area (TPSA) is 120 Å². The van der Waals surface area contributed by atoms with Crippen LogP contribution >= 0.6 is 45.2 Å². The summed E-state index contributed by atoms with van der Waals surface area (Å²) in [5.41, 5.74) is 1.64. The number of hydrogen-bond donors (Lipinski definition) is 1. The minimum absolute atomic E-state index is 0.146. The summed E-state index contributed by atoms with van der Waals surface area (Å²) >= 11 is 4.21. The summed E-state index contributed by atoms with van der Waals surface area (Å²) in [5.74, 6) is -0.930. The van der Waals surface area contributed by atoms with Gasteiger partial charge >= 0.3 is 5.97 Å². The molecule has 3 rings (SSSR count). The van der Waals surface area contributed by atoms with Gasteiger partial charge in [0.15, 0.2) is 6.61 Å². The zero-order valence-electron chi connectivity index (χ0n) is 17.9. The van der Waals surface area contributed by atoms with Crippen LogP contribution in [0.5, 0.6) is 5.75 Å². The number of ketones is 1. The van der Waals surface area contributed by atoms with Crippen molar-refractivity contribution in [2.45, 2.75) is 39.5 Å². The normalized spacial score (nSPS) is 11.0. The number of ether oxygens (including phenoxy) is 1. The number of fused-ring (bicyclic) bond motifs is 1. The lowest BCUT2D eigenvalue weighted by molar-refractivity contribution is -0.384. The molecule has 0 aliphatic heterocycles. The summed E-state index contributed by atoms with van der Waals surface area (Å²) in [4.78, 5) is 35.9. The van der Waals surface area contributed by atoms with E-state index in [4.69, 9.17) is 14.3 Å². The van der Waals surface area contributed by atoms with Crippen LogP contribution in [0, 0.1) is 17.3 Å². The van der Waals surface area contributed by atoms with E-state index in [0.29, 0.717) is 33.1 Å². The van der Waals surface area contributed by atoms with Crippen LogP contribution < -0.4 is 4.74 Å². The maximum Gasteiger partial charge on any atom is 0.341 e. The van der Waals surface area contributed by atoms with E-state index >= 15 is 0 Å². The van der Waals surface area contributed by atoms with E-state index in [1.54, 1.807) is 6.07 Å². The summed E-state index contributed by atoms with van der Waals surface area (Å²) < 4.78 is 13.0. The van der Waals surface area contributed by atoms with E-state index in [1.165, 1.54) is 18.2 Å². The molecule has 3 aromatic rings. The third kappa shape index (κ3) is 5.31. The van der Waals surface area contributed by atoms with Crippen molar-refractivity contribution in [3.63, 3.8) is 0 Å². The number of carbonyl (C=O) groups excluding carboxylic acids is 1. The van der Waals surface area contributed by atoms with Crippen LogP contribution in [0.3, 0.4) is 0 Å². The van der Waals surface area contributed by atoms with Crippen molar-refractivity contribution in [2.24, 2.45) is 0 Å². The number of halogens is 2. The Morgan fingerprint density at radius 2 is 1.94 bits per heavy atom. The largest absolute Gasteiger partial charge is 0.480 e. The number of nitrogens with zero attached hydrogens (tertiary/aromatic N) is 1. The highest BCUT2D eigenvalue weighted by Gasteiger charge is 2.28. The first-order valence-electron chi connectivity index (χ1n) is 10.3. The first-order chi connectivity index (χ1) is 15.7. The number of carboxylic acid groups (broad SMARTS) is 1. The van der Waals surface area contributed by atoms with Crippen LogP contribution in [0.2, 0.25) is 0 Å². The summed E-state index contributed by atoms with van der Waals surface area (Å²) in [6.07, 6.45) is 2.82. The van der Waals surface area contributed by atoms with Crippen LogP contribution in [-0.2, 0) is 17.6 Å². The monoisotopic (exact) mass is 677 g/mol. The minimum atomic E-state index is -1.16. The molecule has 0 fully saturated rings. The molecule has 0 bridgehead atoms. The average Bonchev–Trinajstić information content (AvgIpc) is 3.13. The molecule has 0 unspecified atom stereocenters. The molecule has 2 aromatic carbocycles. The summed E-state index contributed by atoms with van der Waals surface area (Å²) in [5, 5.41) is 20.8. The van der Waals surface area contributed by atoms with Crippen molar-refractivity contribution in [3.05, 3.63) is 64.0 Å². The molecule has 0 aliphatic rings. The number of furan rings is 1. The van der Waals surface area contributed by atoms with E-state index < -0.39 is 23.3 Å². The first kappa shape index (κ1) is 25.4. The maximum absolute atomic E-state index is 13.9. The van der Waals surface area contributed by atoms with Gasteiger partial charge in [0, 0.05) is 27.5 Å². The number of nitro benzene ring substituents is 1. The van der Waals surface area contributed by atoms with Gasteiger partial charge in [-0.05, 0) is 75.7 Å². The number of benzene rings is 2. The Morgan fingerprint density at radius 1 is 1.21 bits per heavy atom. The lowest BCUT2D eigenvalue weighted by Crippen LogP contribution is -2.15. The molecule has 10 heteroatoms. The molecular weight excluding hydrogens is 656 g/mol. The second-order valence-corrected chi connectivity index (χ2v) is 9.58. The number of unbranched alkanes of at least 4 members (excludes halogenated alkanes) is 1. The molecule has 0 atom stereocenters. The quantitative estimate of drug-likeness (QED) is 0.118. The van der Waals surface area contributed by atoms with E-state index in [9.17, 15) is 19.7 Å². The number of aryl methyl sites for hydroxylation is 1. The van der Waals surface area contributed by atoms with Crippen molar-refractivity contribution in [1.82, 2.24) is 0 Å². The zero-order chi connectivity index (χ0) is 24.3. The van der Waals surface area contributed by atoms with Crippen LogP contribution in [0.4, 0.5) is 5.69 Å². The fourth-order valence-electron chi connectivity index (χ4n) is 3.55. The molecule has 0 amide bonds. The van der Waals surface area contributed by atoms with E-state index in [-0.39, 0.29) is 22.6 Å². The third-order valence-corrected chi connectivity index (χ3v) is 7.25. The molecule has 0 spiro atoms. The highest BCUT2D eigenvalue weighted by Crippen LogP contribution is 2.38. The molecule has 1 heterocycles.